The summed E-state index contributed by atoms with van der Waals surface area (Å²) in [5, 5.41) is 11.5. The van der Waals surface area contributed by atoms with Crippen LogP contribution in [-0.2, 0) is 22.8 Å². The minimum Gasteiger partial charge on any atom is -0.494 e. The van der Waals surface area contributed by atoms with Crippen molar-refractivity contribution in [2.75, 3.05) is 11.9 Å². The van der Waals surface area contributed by atoms with Gasteiger partial charge in [-0.25, -0.2) is 0 Å². The quantitative estimate of drug-likeness (QED) is 0.153. The summed E-state index contributed by atoms with van der Waals surface area (Å²) in [5.74, 6) is 1.14. The molecule has 0 aliphatic carbocycles. The van der Waals surface area contributed by atoms with Crippen molar-refractivity contribution in [2.24, 2.45) is 5.92 Å². The predicted octanol–water partition coefficient (Wildman–Crippen LogP) is 7.50. The van der Waals surface area contributed by atoms with Gasteiger partial charge in [0.1, 0.15) is 23.5 Å². The van der Waals surface area contributed by atoms with E-state index in [1.165, 1.54) is 5.56 Å². The molecular weight excluding hydrogens is 497 g/mol. The lowest BCUT2D eigenvalue weighted by atomic mass is 10.0. The van der Waals surface area contributed by atoms with Crippen LogP contribution in [0.15, 0.2) is 66.7 Å². The highest BCUT2D eigenvalue weighted by Gasteiger charge is 2.47. The molecular formula is C29H31Cl2NO4. The lowest BCUT2D eigenvalue weighted by molar-refractivity contribution is -0.137. The molecule has 2 atom stereocenters. The molecule has 3 aromatic rings. The molecule has 0 fully saturated rings. The van der Waals surface area contributed by atoms with E-state index < -0.39 is 16.3 Å². The normalized spacial score (nSPS) is 18.5. The van der Waals surface area contributed by atoms with Crippen LogP contribution < -0.4 is 14.8 Å². The maximum atomic E-state index is 10.6. The zero-order chi connectivity index (χ0) is 25.7. The van der Waals surface area contributed by atoms with Crippen molar-refractivity contribution in [3.8, 4) is 11.5 Å². The van der Waals surface area contributed by atoms with Gasteiger partial charge >= 0.3 is 5.97 Å². The van der Waals surface area contributed by atoms with Crippen molar-refractivity contribution in [2.45, 2.75) is 50.1 Å². The van der Waals surface area contributed by atoms with E-state index >= 15 is 0 Å². The van der Waals surface area contributed by atoms with Gasteiger partial charge in [0.15, 0.2) is 5.00 Å². The number of carboxylic acids is 1. The van der Waals surface area contributed by atoms with Gasteiger partial charge in [0.2, 0.25) is 0 Å². The molecule has 0 saturated carbocycles. The number of halogens is 2. The summed E-state index contributed by atoms with van der Waals surface area (Å²) >= 11 is 14.0. The SMILES string of the molecule is CC(C)Cc1ccc(COc2cccc3c2C(Cl)C(Cl)(c2ccc(OCCCC(=O)O)cc2)N3)cc1. The van der Waals surface area contributed by atoms with Crippen LogP contribution in [0.3, 0.4) is 0 Å². The van der Waals surface area contributed by atoms with Gasteiger partial charge in [-0.15, -0.1) is 11.6 Å². The molecule has 0 bridgehead atoms. The molecule has 5 nitrogen and oxygen atoms in total. The Morgan fingerprint density at radius 3 is 2.39 bits per heavy atom. The summed E-state index contributed by atoms with van der Waals surface area (Å²) < 4.78 is 11.8. The molecule has 0 amide bonds. The fourth-order valence-electron chi connectivity index (χ4n) is 4.33. The lowest BCUT2D eigenvalue weighted by Crippen LogP contribution is -2.27. The number of aliphatic carboxylic acids is 1. The molecule has 190 valence electrons. The second-order valence-electron chi connectivity index (χ2n) is 9.49. The lowest BCUT2D eigenvalue weighted by Gasteiger charge is -2.27. The molecule has 3 aromatic carbocycles. The number of carboxylic acid groups (broad SMARTS) is 1. The van der Waals surface area contributed by atoms with Gasteiger partial charge in [0.25, 0.3) is 0 Å². The number of ether oxygens (including phenoxy) is 2. The van der Waals surface area contributed by atoms with E-state index in [4.69, 9.17) is 37.8 Å². The second kappa shape index (κ2) is 11.4. The number of benzene rings is 3. The van der Waals surface area contributed by atoms with Gasteiger partial charge in [-0.05, 0) is 59.7 Å². The zero-order valence-electron chi connectivity index (χ0n) is 20.5. The van der Waals surface area contributed by atoms with Crippen LogP contribution in [0, 0.1) is 5.92 Å². The Labute approximate surface area is 222 Å². The van der Waals surface area contributed by atoms with Crippen molar-refractivity contribution < 1.29 is 19.4 Å². The van der Waals surface area contributed by atoms with Crippen LogP contribution in [0.2, 0.25) is 0 Å². The second-order valence-corrected chi connectivity index (χ2v) is 10.5. The Balaban J connectivity index is 1.43. The van der Waals surface area contributed by atoms with Gasteiger partial charge in [-0.3, -0.25) is 4.79 Å². The molecule has 0 aromatic heterocycles. The first-order valence-electron chi connectivity index (χ1n) is 12.2. The van der Waals surface area contributed by atoms with Crippen molar-refractivity contribution in [1.82, 2.24) is 0 Å². The highest BCUT2D eigenvalue weighted by atomic mass is 35.5. The molecule has 0 saturated heterocycles. The number of nitrogens with one attached hydrogen (secondary N) is 1. The van der Waals surface area contributed by atoms with E-state index in [-0.39, 0.29) is 6.42 Å². The molecule has 1 aliphatic heterocycles. The van der Waals surface area contributed by atoms with Crippen molar-refractivity contribution in [3.05, 3.63) is 89.0 Å². The van der Waals surface area contributed by atoms with Crippen LogP contribution in [0.5, 0.6) is 11.5 Å². The summed E-state index contributed by atoms with van der Waals surface area (Å²) in [7, 11) is 0. The summed E-state index contributed by atoms with van der Waals surface area (Å²) in [6.45, 7) is 5.20. The van der Waals surface area contributed by atoms with Gasteiger partial charge in [-0.2, -0.15) is 0 Å². The highest BCUT2D eigenvalue weighted by molar-refractivity contribution is 6.35. The fraction of sp³-hybridized carbons (Fsp3) is 0.345. The third-order valence-electron chi connectivity index (χ3n) is 6.12. The number of alkyl halides is 2. The summed E-state index contributed by atoms with van der Waals surface area (Å²) in [6.07, 6.45) is 1.58. The van der Waals surface area contributed by atoms with Gasteiger partial charge in [0.05, 0.1) is 6.61 Å². The number of rotatable bonds is 11. The first kappa shape index (κ1) is 26.2. The maximum absolute atomic E-state index is 10.6. The minimum atomic E-state index is -1.05. The fourth-order valence-corrected chi connectivity index (χ4v) is 5.07. The van der Waals surface area contributed by atoms with Gasteiger partial charge in [0, 0.05) is 17.7 Å². The van der Waals surface area contributed by atoms with Crippen LogP contribution >= 0.6 is 23.2 Å². The molecule has 0 radical (unpaired) electrons. The highest BCUT2D eigenvalue weighted by Crippen LogP contribution is 2.56. The molecule has 36 heavy (non-hydrogen) atoms. The van der Waals surface area contributed by atoms with Gasteiger partial charge in [-0.1, -0.05) is 67.9 Å². The van der Waals surface area contributed by atoms with Crippen molar-refractivity contribution >= 4 is 34.9 Å². The van der Waals surface area contributed by atoms with E-state index in [1.54, 1.807) is 0 Å². The third kappa shape index (κ3) is 6.08. The Kier molecular flexibility index (Phi) is 8.32. The summed E-state index contributed by atoms with van der Waals surface area (Å²) in [5.41, 5.74) is 4.88. The monoisotopic (exact) mass is 527 g/mol. The molecule has 2 unspecified atom stereocenters. The van der Waals surface area contributed by atoms with E-state index in [1.807, 2.05) is 42.5 Å². The van der Waals surface area contributed by atoms with Crippen molar-refractivity contribution in [3.63, 3.8) is 0 Å². The molecule has 4 rings (SSSR count). The number of anilines is 1. The number of fused-ring (bicyclic) bond motifs is 1. The summed E-state index contributed by atoms with van der Waals surface area (Å²) in [4.78, 5) is 9.59. The average Bonchev–Trinajstić information content (AvgIpc) is 3.12. The topological polar surface area (TPSA) is 67.8 Å². The van der Waals surface area contributed by atoms with E-state index in [9.17, 15) is 4.79 Å². The molecule has 2 N–H and O–H groups in total. The number of hydrogen-bond donors (Lipinski definition) is 2. The first-order chi connectivity index (χ1) is 17.3. The van der Waals surface area contributed by atoms with Gasteiger partial charge < -0.3 is 19.9 Å². The Hall–Kier alpha value is -2.89. The molecule has 0 spiro atoms. The first-order valence-corrected chi connectivity index (χ1v) is 13.0. The van der Waals surface area contributed by atoms with Crippen LogP contribution in [0.4, 0.5) is 5.69 Å². The number of hydrogen-bond acceptors (Lipinski definition) is 4. The third-order valence-corrected chi connectivity index (χ3v) is 7.31. The molecule has 1 heterocycles. The molecule has 1 aliphatic rings. The summed E-state index contributed by atoms with van der Waals surface area (Å²) in [6, 6.07) is 21.7. The van der Waals surface area contributed by atoms with Crippen LogP contribution in [0.1, 0.15) is 54.3 Å². The van der Waals surface area contributed by atoms with Crippen molar-refractivity contribution in [1.29, 1.82) is 0 Å². The van der Waals surface area contributed by atoms with E-state index in [2.05, 4.69) is 43.4 Å². The Morgan fingerprint density at radius 1 is 1.03 bits per heavy atom. The largest absolute Gasteiger partial charge is 0.494 e. The smallest absolute Gasteiger partial charge is 0.303 e. The van der Waals surface area contributed by atoms with Crippen LogP contribution in [-0.4, -0.2) is 17.7 Å². The average molecular weight is 528 g/mol. The maximum Gasteiger partial charge on any atom is 0.303 e. The number of carbonyl (C=O) groups is 1. The standard InChI is InChI=1S/C29H31Cl2NO4/c1-19(2)17-20-8-10-21(11-9-20)18-36-25-6-3-5-24-27(25)28(30)29(31,32-24)22-12-14-23(15-13-22)35-16-4-7-26(33)34/h3,5-6,8-15,19,28,32H,4,7,16-18H2,1-2H3,(H,33,34). The Morgan fingerprint density at radius 2 is 1.72 bits per heavy atom. The molecule has 7 heteroatoms. The van der Waals surface area contributed by atoms with E-state index in [0.717, 1.165) is 28.8 Å². The zero-order valence-corrected chi connectivity index (χ0v) is 22.0. The minimum absolute atomic E-state index is 0.0762. The Bertz CT molecular complexity index is 1180. The van der Waals surface area contributed by atoms with Crippen LogP contribution in [0.25, 0.3) is 0 Å². The predicted molar refractivity (Wildman–Crippen MR) is 144 cm³/mol. The van der Waals surface area contributed by atoms with E-state index in [0.29, 0.717) is 37.1 Å².